The van der Waals surface area contributed by atoms with E-state index in [9.17, 15) is 9.59 Å². The highest BCUT2D eigenvalue weighted by Crippen LogP contribution is 2.19. The van der Waals surface area contributed by atoms with Gasteiger partial charge in [-0.25, -0.2) is 0 Å². The molecule has 1 fully saturated rings. The second-order valence-corrected chi connectivity index (χ2v) is 7.03. The summed E-state index contributed by atoms with van der Waals surface area (Å²) in [6.45, 7) is 2.27. The maximum Gasteiger partial charge on any atom is 0.328 e. The van der Waals surface area contributed by atoms with Crippen molar-refractivity contribution < 1.29 is 14.3 Å². The molecule has 1 aliphatic rings. The monoisotopic (exact) mass is 336 g/mol. The van der Waals surface area contributed by atoms with Gasteiger partial charge in [-0.2, -0.15) is 0 Å². The summed E-state index contributed by atoms with van der Waals surface area (Å²) in [4.78, 5) is 21.9. The molecule has 0 bridgehead atoms. The molecule has 0 spiro atoms. The van der Waals surface area contributed by atoms with Crippen molar-refractivity contribution in [2.45, 2.75) is 103 Å². The number of hydrogen-bond acceptors (Lipinski definition) is 3. The number of cyclic esters (lactones) is 2. The van der Waals surface area contributed by atoms with Crippen molar-refractivity contribution in [3.63, 3.8) is 0 Å². The van der Waals surface area contributed by atoms with Gasteiger partial charge in [0.1, 0.15) is 0 Å². The first-order valence-corrected chi connectivity index (χ1v) is 10.2. The molecule has 3 heteroatoms. The van der Waals surface area contributed by atoms with E-state index in [0.717, 1.165) is 6.42 Å². The van der Waals surface area contributed by atoms with Crippen molar-refractivity contribution in [3.8, 4) is 0 Å². The van der Waals surface area contributed by atoms with Gasteiger partial charge in [0, 0.05) is 0 Å². The Kier molecular flexibility index (Phi) is 12.4. The highest BCUT2D eigenvalue weighted by Gasteiger charge is 2.40. The fourth-order valence-electron chi connectivity index (χ4n) is 3.10. The number of hydrogen-bond donors (Lipinski definition) is 0. The molecule has 24 heavy (non-hydrogen) atoms. The van der Waals surface area contributed by atoms with Crippen LogP contribution in [0.3, 0.4) is 0 Å². The van der Waals surface area contributed by atoms with Gasteiger partial charge in [0.15, 0.2) is 5.92 Å². The Hall–Kier alpha value is -1.12. The van der Waals surface area contributed by atoms with E-state index in [1.165, 1.54) is 83.5 Å². The summed E-state index contributed by atoms with van der Waals surface area (Å²) in [7, 11) is 0. The summed E-state index contributed by atoms with van der Waals surface area (Å²) in [5.74, 6) is -1.26. The molecule has 0 N–H and O–H groups in total. The lowest BCUT2D eigenvalue weighted by atomic mass is 10.0. The summed E-state index contributed by atoms with van der Waals surface area (Å²) in [5, 5.41) is 0. The molecule has 0 aromatic heterocycles. The number of allylic oxidation sites excluding steroid dienone is 2. The summed E-state index contributed by atoms with van der Waals surface area (Å²) >= 11 is 0. The normalized spacial score (nSPS) is 15.0. The Bertz CT molecular complexity index is 359. The Morgan fingerprint density at radius 2 is 1.17 bits per heavy atom. The van der Waals surface area contributed by atoms with E-state index in [-0.39, 0.29) is 11.9 Å². The summed E-state index contributed by atoms with van der Waals surface area (Å²) < 4.78 is 4.32. The van der Waals surface area contributed by atoms with Gasteiger partial charge in [-0.15, -0.1) is 0 Å². The number of ether oxygens (including phenoxy) is 1. The maximum atomic E-state index is 11.0. The Labute approximate surface area is 148 Å². The topological polar surface area (TPSA) is 43.4 Å². The van der Waals surface area contributed by atoms with Gasteiger partial charge in [-0.05, 0) is 19.3 Å². The highest BCUT2D eigenvalue weighted by molar-refractivity contribution is 6.09. The fourth-order valence-corrected chi connectivity index (χ4v) is 3.10. The SMILES string of the molecule is CCCCCCCCCCCCCCC/C=C\CC1C(=O)OC1=O. The average Bonchev–Trinajstić information content (AvgIpc) is 2.57. The molecule has 0 unspecified atom stereocenters. The first kappa shape index (κ1) is 20.9. The van der Waals surface area contributed by atoms with Crippen LogP contribution in [0, 0.1) is 5.92 Å². The summed E-state index contributed by atoms with van der Waals surface area (Å²) in [5.41, 5.74) is 0. The molecule has 0 amide bonds. The first-order chi connectivity index (χ1) is 11.8. The van der Waals surface area contributed by atoms with Crippen LogP contribution in [-0.4, -0.2) is 11.9 Å². The molecule has 138 valence electrons. The number of unbranched alkanes of at least 4 members (excludes halogenated alkanes) is 13. The van der Waals surface area contributed by atoms with E-state index >= 15 is 0 Å². The van der Waals surface area contributed by atoms with Crippen LogP contribution < -0.4 is 0 Å². The quantitative estimate of drug-likeness (QED) is 0.148. The Balaban J connectivity index is 1.74. The molecule has 1 saturated heterocycles. The zero-order valence-electron chi connectivity index (χ0n) is 15.6. The third kappa shape index (κ3) is 9.89. The highest BCUT2D eigenvalue weighted by atomic mass is 16.6. The third-order valence-electron chi connectivity index (χ3n) is 4.78. The van der Waals surface area contributed by atoms with E-state index < -0.39 is 5.92 Å². The number of esters is 2. The van der Waals surface area contributed by atoms with E-state index in [1.54, 1.807) is 0 Å². The zero-order chi connectivity index (χ0) is 17.5. The molecule has 1 aliphatic heterocycles. The van der Waals surface area contributed by atoms with Crippen LogP contribution in [0.4, 0.5) is 0 Å². The first-order valence-electron chi connectivity index (χ1n) is 10.2. The predicted octanol–water partition coefficient (Wildman–Crippen LogP) is 6.11. The van der Waals surface area contributed by atoms with Crippen LogP contribution >= 0.6 is 0 Å². The van der Waals surface area contributed by atoms with Crippen LogP contribution in [-0.2, 0) is 14.3 Å². The van der Waals surface area contributed by atoms with Crippen LogP contribution in [0.5, 0.6) is 0 Å². The number of rotatable bonds is 16. The maximum absolute atomic E-state index is 11.0. The molecular formula is C21H36O3. The lowest BCUT2D eigenvalue weighted by Gasteiger charge is -2.19. The lowest BCUT2D eigenvalue weighted by molar-refractivity contribution is -0.183. The van der Waals surface area contributed by atoms with Crippen molar-refractivity contribution >= 4 is 11.9 Å². The van der Waals surface area contributed by atoms with Gasteiger partial charge < -0.3 is 4.74 Å². The van der Waals surface area contributed by atoms with E-state index in [1.807, 2.05) is 6.08 Å². The minimum absolute atomic E-state index is 0.370. The smallest absolute Gasteiger partial charge is 0.328 e. The Morgan fingerprint density at radius 1 is 0.708 bits per heavy atom. The summed E-state index contributed by atoms with van der Waals surface area (Å²) in [6, 6.07) is 0. The van der Waals surface area contributed by atoms with Crippen LogP contribution in [0.1, 0.15) is 103 Å². The van der Waals surface area contributed by atoms with E-state index in [4.69, 9.17) is 0 Å². The van der Waals surface area contributed by atoms with Gasteiger partial charge in [0.25, 0.3) is 0 Å². The van der Waals surface area contributed by atoms with Crippen LogP contribution in [0.2, 0.25) is 0 Å². The third-order valence-corrected chi connectivity index (χ3v) is 4.78. The molecule has 0 atom stereocenters. The minimum atomic E-state index is -0.520. The molecule has 1 rings (SSSR count). The lowest BCUT2D eigenvalue weighted by Crippen LogP contribution is -2.40. The Morgan fingerprint density at radius 3 is 1.62 bits per heavy atom. The largest absolute Gasteiger partial charge is 0.392 e. The van der Waals surface area contributed by atoms with Crippen molar-refractivity contribution in [1.82, 2.24) is 0 Å². The van der Waals surface area contributed by atoms with Crippen molar-refractivity contribution in [2.24, 2.45) is 5.92 Å². The second-order valence-electron chi connectivity index (χ2n) is 7.03. The molecule has 0 radical (unpaired) electrons. The van der Waals surface area contributed by atoms with Crippen molar-refractivity contribution in [1.29, 1.82) is 0 Å². The van der Waals surface area contributed by atoms with Crippen LogP contribution in [0.15, 0.2) is 12.2 Å². The standard InChI is InChI=1S/C21H36O3/c1-2-3-4-5-6-7-8-9-10-11-12-13-14-15-16-17-18-19-20(22)24-21(19)23/h16-17,19H,2-15,18H2,1H3/b17-16-. The minimum Gasteiger partial charge on any atom is -0.392 e. The second kappa shape index (κ2) is 14.2. The molecule has 0 aliphatic carbocycles. The molecule has 0 saturated carbocycles. The average molecular weight is 337 g/mol. The molecule has 1 heterocycles. The number of carbonyl (C=O) groups is 2. The van der Waals surface area contributed by atoms with E-state index in [2.05, 4.69) is 17.7 Å². The summed E-state index contributed by atoms with van der Waals surface area (Å²) in [6.07, 6.45) is 23.4. The molecular weight excluding hydrogens is 300 g/mol. The van der Waals surface area contributed by atoms with Gasteiger partial charge in [-0.1, -0.05) is 96.1 Å². The van der Waals surface area contributed by atoms with Crippen LogP contribution in [0.25, 0.3) is 0 Å². The van der Waals surface area contributed by atoms with Gasteiger partial charge in [0.05, 0.1) is 0 Å². The predicted molar refractivity (Wildman–Crippen MR) is 98.7 cm³/mol. The van der Waals surface area contributed by atoms with Crippen molar-refractivity contribution in [3.05, 3.63) is 12.2 Å². The molecule has 3 nitrogen and oxygen atoms in total. The van der Waals surface area contributed by atoms with Gasteiger partial charge in [-0.3, -0.25) is 9.59 Å². The van der Waals surface area contributed by atoms with E-state index in [0.29, 0.717) is 6.42 Å². The van der Waals surface area contributed by atoms with Gasteiger partial charge >= 0.3 is 11.9 Å². The molecule has 0 aromatic carbocycles. The fraction of sp³-hybridized carbons (Fsp3) is 0.810. The molecule has 0 aromatic rings. The zero-order valence-corrected chi connectivity index (χ0v) is 15.6. The number of carbonyl (C=O) groups excluding carboxylic acids is 2. The van der Waals surface area contributed by atoms with Gasteiger partial charge in [0.2, 0.25) is 0 Å². The van der Waals surface area contributed by atoms with Crippen molar-refractivity contribution in [2.75, 3.05) is 0 Å².